The zero-order chi connectivity index (χ0) is 9.26. The standard InChI is InChI=1S/C10H11BrClN.ClH/c11-9-3-1-2-8(10(9)12)7-4-5-13-6-7;/h1-3,7,13H,4-6H2;1H. The zero-order valence-electron chi connectivity index (χ0n) is 7.59. The van der Waals surface area contributed by atoms with Crippen molar-refractivity contribution < 1.29 is 0 Å². The molecule has 4 heteroatoms. The van der Waals surface area contributed by atoms with Gasteiger partial charge < -0.3 is 5.32 Å². The number of rotatable bonds is 1. The van der Waals surface area contributed by atoms with Crippen molar-refractivity contribution in [1.82, 2.24) is 5.32 Å². The highest BCUT2D eigenvalue weighted by atomic mass is 79.9. The molecular formula is C10H12BrCl2N. The highest BCUT2D eigenvalue weighted by Crippen LogP contribution is 2.33. The molecule has 2 rings (SSSR count). The van der Waals surface area contributed by atoms with E-state index in [2.05, 4.69) is 27.3 Å². The molecule has 14 heavy (non-hydrogen) atoms. The molecule has 0 amide bonds. The van der Waals surface area contributed by atoms with Gasteiger partial charge in [-0.2, -0.15) is 0 Å². The van der Waals surface area contributed by atoms with Crippen LogP contribution in [0.3, 0.4) is 0 Å². The van der Waals surface area contributed by atoms with Gasteiger partial charge in [-0.05, 0) is 46.4 Å². The Morgan fingerprint density at radius 3 is 2.86 bits per heavy atom. The van der Waals surface area contributed by atoms with E-state index in [1.165, 1.54) is 12.0 Å². The zero-order valence-corrected chi connectivity index (χ0v) is 10.8. The van der Waals surface area contributed by atoms with E-state index < -0.39 is 0 Å². The average molecular weight is 297 g/mol. The van der Waals surface area contributed by atoms with Crippen LogP contribution in [0.2, 0.25) is 5.02 Å². The Morgan fingerprint density at radius 1 is 1.43 bits per heavy atom. The van der Waals surface area contributed by atoms with Crippen molar-refractivity contribution in [2.75, 3.05) is 13.1 Å². The smallest absolute Gasteiger partial charge is 0.0583 e. The summed E-state index contributed by atoms with van der Waals surface area (Å²) in [7, 11) is 0. The Balaban J connectivity index is 0.000000980. The van der Waals surface area contributed by atoms with Crippen LogP contribution in [0, 0.1) is 0 Å². The van der Waals surface area contributed by atoms with Gasteiger partial charge in [0.2, 0.25) is 0 Å². The molecule has 1 unspecified atom stereocenters. The molecule has 0 radical (unpaired) electrons. The third-order valence-electron chi connectivity index (χ3n) is 2.48. The Hall–Kier alpha value is 0.240. The van der Waals surface area contributed by atoms with Crippen molar-refractivity contribution in [2.24, 2.45) is 0 Å². The lowest BCUT2D eigenvalue weighted by Gasteiger charge is -2.11. The van der Waals surface area contributed by atoms with Gasteiger partial charge in [-0.3, -0.25) is 0 Å². The SMILES string of the molecule is Cl.Clc1c(Br)cccc1C1CCNC1. The predicted octanol–water partition coefficient (Wildman–Crippen LogP) is 3.60. The van der Waals surface area contributed by atoms with Crippen LogP contribution in [0.5, 0.6) is 0 Å². The van der Waals surface area contributed by atoms with E-state index in [9.17, 15) is 0 Å². The van der Waals surface area contributed by atoms with Crippen molar-refractivity contribution >= 4 is 39.9 Å². The molecule has 1 fully saturated rings. The van der Waals surface area contributed by atoms with Gasteiger partial charge in [0, 0.05) is 11.0 Å². The van der Waals surface area contributed by atoms with E-state index in [0.717, 1.165) is 22.6 Å². The fourth-order valence-electron chi connectivity index (χ4n) is 1.76. The summed E-state index contributed by atoms with van der Waals surface area (Å²) in [4.78, 5) is 0. The third kappa shape index (κ3) is 2.43. The van der Waals surface area contributed by atoms with Crippen LogP contribution in [0.25, 0.3) is 0 Å². The molecule has 1 aliphatic heterocycles. The summed E-state index contributed by atoms with van der Waals surface area (Å²) >= 11 is 9.64. The highest BCUT2D eigenvalue weighted by Gasteiger charge is 2.19. The predicted molar refractivity (Wildman–Crippen MR) is 66.6 cm³/mol. The molecule has 0 bridgehead atoms. The van der Waals surface area contributed by atoms with E-state index >= 15 is 0 Å². The maximum atomic E-state index is 6.20. The van der Waals surface area contributed by atoms with Gasteiger partial charge in [0.1, 0.15) is 0 Å². The van der Waals surface area contributed by atoms with Gasteiger partial charge >= 0.3 is 0 Å². The Kier molecular flexibility index (Phi) is 4.71. The monoisotopic (exact) mass is 295 g/mol. The van der Waals surface area contributed by atoms with Gasteiger partial charge in [-0.1, -0.05) is 23.7 Å². The molecule has 1 aromatic rings. The fraction of sp³-hybridized carbons (Fsp3) is 0.400. The molecule has 1 saturated heterocycles. The van der Waals surface area contributed by atoms with Crippen LogP contribution in [0.15, 0.2) is 22.7 Å². The van der Waals surface area contributed by atoms with Crippen molar-refractivity contribution in [3.8, 4) is 0 Å². The van der Waals surface area contributed by atoms with Gasteiger partial charge in [0.25, 0.3) is 0 Å². The first-order valence-corrected chi connectivity index (χ1v) is 5.61. The number of halogens is 3. The summed E-state index contributed by atoms with van der Waals surface area (Å²) in [5.41, 5.74) is 1.26. The van der Waals surface area contributed by atoms with Crippen LogP contribution in [-0.4, -0.2) is 13.1 Å². The summed E-state index contributed by atoms with van der Waals surface area (Å²) in [6.07, 6.45) is 1.19. The van der Waals surface area contributed by atoms with Crippen LogP contribution in [0.1, 0.15) is 17.9 Å². The first kappa shape index (κ1) is 12.3. The molecule has 1 nitrogen and oxygen atoms in total. The van der Waals surface area contributed by atoms with E-state index in [1.807, 2.05) is 12.1 Å². The Bertz CT molecular complexity index is 311. The minimum absolute atomic E-state index is 0. The van der Waals surface area contributed by atoms with Crippen molar-refractivity contribution in [1.29, 1.82) is 0 Å². The summed E-state index contributed by atoms with van der Waals surface area (Å²) in [5.74, 6) is 0.588. The third-order valence-corrected chi connectivity index (χ3v) is 3.79. The lowest BCUT2D eigenvalue weighted by atomic mass is 9.99. The molecule has 1 atom stereocenters. The second-order valence-electron chi connectivity index (χ2n) is 3.33. The fourth-order valence-corrected chi connectivity index (χ4v) is 2.42. The van der Waals surface area contributed by atoms with E-state index in [1.54, 1.807) is 0 Å². The second kappa shape index (κ2) is 5.36. The quantitative estimate of drug-likeness (QED) is 0.835. The summed E-state index contributed by atoms with van der Waals surface area (Å²) in [5, 5.41) is 4.22. The number of nitrogens with one attached hydrogen (secondary N) is 1. The van der Waals surface area contributed by atoms with Gasteiger partial charge in [0.15, 0.2) is 0 Å². The molecule has 0 spiro atoms. The first-order valence-electron chi connectivity index (χ1n) is 4.43. The minimum Gasteiger partial charge on any atom is -0.316 e. The Labute approximate surface area is 104 Å². The topological polar surface area (TPSA) is 12.0 Å². The molecule has 1 N–H and O–H groups in total. The largest absolute Gasteiger partial charge is 0.316 e. The summed E-state index contributed by atoms with van der Waals surface area (Å²) in [6, 6.07) is 6.14. The van der Waals surface area contributed by atoms with Crippen molar-refractivity contribution in [3.63, 3.8) is 0 Å². The van der Waals surface area contributed by atoms with Gasteiger partial charge in [0.05, 0.1) is 5.02 Å². The van der Waals surface area contributed by atoms with Crippen LogP contribution >= 0.6 is 39.9 Å². The molecule has 0 saturated carbocycles. The van der Waals surface area contributed by atoms with Crippen molar-refractivity contribution in [3.05, 3.63) is 33.3 Å². The van der Waals surface area contributed by atoms with Crippen LogP contribution in [0.4, 0.5) is 0 Å². The average Bonchev–Trinajstić information content (AvgIpc) is 2.62. The van der Waals surface area contributed by atoms with E-state index in [-0.39, 0.29) is 12.4 Å². The molecule has 78 valence electrons. The lowest BCUT2D eigenvalue weighted by molar-refractivity contribution is 0.763. The maximum Gasteiger partial charge on any atom is 0.0583 e. The van der Waals surface area contributed by atoms with Gasteiger partial charge in [-0.15, -0.1) is 12.4 Å². The van der Waals surface area contributed by atoms with Gasteiger partial charge in [-0.25, -0.2) is 0 Å². The molecule has 0 aromatic heterocycles. The maximum absolute atomic E-state index is 6.20. The molecule has 1 heterocycles. The first-order chi connectivity index (χ1) is 6.29. The summed E-state index contributed by atoms with van der Waals surface area (Å²) in [6.45, 7) is 2.16. The number of hydrogen-bond acceptors (Lipinski definition) is 1. The molecule has 1 aromatic carbocycles. The van der Waals surface area contributed by atoms with Crippen LogP contribution in [-0.2, 0) is 0 Å². The minimum atomic E-state index is 0. The number of hydrogen-bond donors (Lipinski definition) is 1. The van der Waals surface area contributed by atoms with E-state index in [0.29, 0.717) is 5.92 Å². The second-order valence-corrected chi connectivity index (χ2v) is 4.57. The summed E-state index contributed by atoms with van der Waals surface area (Å²) < 4.78 is 0.999. The molecule has 0 aliphatic carbocycles. The normalized spacial score (nSPS) is 20.6. The molecular weight excluding hydrogens is 285 g/mol. The number of benzene rings is 1. The highest BCUT2D eigenvalue weighted by molar-refractivity contribution is 9.10. The lowest BCUT2D eigenvalue weighted by Crippen LogP contribution is -2.08. The van der Waals surface area contributed by atoms with Crippen LogP contribution < -0.4 is 5.32 Å². The molecule has 1 aliphatic rings. The van der Waals surface area contributed by atoms with E-state index in [4.69, 9.17) is 11.6 Å². The Morgan fingerprint density at radius 2 is 2.21 bits per heavy atom. The van der Waals surface area contributed by atoms with Crippen molar-refractivity contribution in [2.45, 2.75) is 12.3 Å².